The van der Waals surface area contributed by atoms with Crippen LogP contribution in [-0.2, 0) is 0 Å². The molecule has 1 fully saturated rings. The number of aryl methyl sites for hydroxylation is 1. The summed E-state index contributed by atoms with van der Waals surface area (Å²) in [6.07, 6.45) is 1.07. The average Bonchev–Trinajstić information content (AvgIpc) is 2.90. The maximum Gasteiger partial charge on any atom is 0.264 e. The molecule has 1 aliphatic rings. The van der Waals surface area contributed by atoms with Crippen LogP contribution in [0.15, 0.2) is 11.4 Å². The Morgan fingerprint density at radius 2 is 2.50 bits per heavy atom. The third-order valence-corrected chi connectivity index (χ3v) is 4.14. The van der Waals surface area contributed by atoms with Crippen molar-refractivity contribution < 1.29 is 4.79 Å². The van der Waals surface area contributed by atoms with Crippen LogP contribution in [0.25, 0.3) is 0 Å². The topological polar surface area (TPSA) is 32.3 Å². The van der Waals surface area contributed by atoms with Crippen molar-refractivity contribution in [2.75, 3.05) is 19.6 Å². The van der Waals surface area contributed by atoms with Crippen LogP contribution in [0.3, 0.4) is 0 Å². The van der Waals surface area contributed by atoms with Crippen molar-refractivity contribution in [2.45, 2.75) is 26.3 Å². The molecule has 16 heavy (non-hydrogen) atoms. The van der Waals surface area contributed by atoms with E-state index in [1.807, 2.05) is 23.3 Å². The molecule has 0 aliphatic carbocycles. The Bertz CT molecular complexity index is 369. The van der Waals surface area contributed by atoms with E-state index in [1.165, 1.54) is 0 Å². The van der Waals surface area contributed by atoms with Crippen molar-refractivity contribution in [3.05, 3.63) is 21.9 Å². The average molecular weight is 238 g/mol. The van der Waals surface area contributed by atoms with Crippen molar-refractivity contribution in [3.63, 3.8) is 0 Å². The summed E-state index contributed by atoms with van der Waals surface area (Å²) in [6, 6.07) is 2.39. The molecule has 2 heterocycles. The lowest BCUT2D eigenvalue weighted by Crippen LogP contribution is -2.41. The summed E-state index contributed by atoms with van der Waals surface area (Å²) in [5.41, 5.74) is 1.10. The Morgan fingerprint density at radius 1 is 1.69 bits per heavy atom. The van der Waals surface area contributed by atoms with Crippen LogP contribution in [0.1, 0.15) is 28.6 Å². The van der Waals surface area contributed by atoms with Crippen molar-refractivity contribution in [1.29, 1.82) is 0 Å². The van der Waals surface area contributed by atoms with E-state index in [0.717, 1.165) is 36.5 Å². The van der Waals surface area contributed by atoms with E-state index in [-0.39, 0.29) is 5.91 Å². The van der Waals surface area contributed by atoms with Crippen LogP contribution < -0.4 is 5.32 Å². The lowest BCUT2D eigenvalue weighted by Gasteiger charge is -2.26. The molecule has 1 aromatic heterocycles. The molecule has 1 amide bonds. The van der Waals surface area contributed by atoms with Gasteiger partial charge in [0, 0.05) is 19.1 Å². The molecular weight excluding hydrogens is 220 g/mol. The number of amides is 1. The van der Waals surface area contributed by atoms with Gasteiger partial charge in [-0.05, 0) is 43.8 Å². The monoisotopic (exact) mass is 238 g/mol. The fourth-order valence-corrected chi connectivity index (χ4v) is 3.08. The smallest absolute Gasteiger partial charge is 0.264 e. The molecule has 1 N–H and O–H groups in total. The first-order valence-corrected chi connectivity index (χ1v) is 6.67. The van der Waals surface area contributed by atoms with Gasteiger partial charge in [-0.25, -0.2) is 0 Å². The van der Waals surface area contributed by atoms with Crippen LogP contribution >= 0.6 is 11.3 Å². The van der Waals surface area contributed by atoms with Gasteiger partial charge in [-0.15, -0.1) is 11.3 Å². The highest BCUT2D eigenvalue weighted by Crippen LogP contribution is 2.20. The van der Waals surface area contributed by atoms with E-state index in [2.05, 4.69) is 12.2 Å². The normalized spacial score (nSPS) is 20.0. The molecule has 1 atom stereocenters. The fourth-order valence-electron chi connectivity index (χ4n) is 2.20. The van der Waals surface area contributed by atoms with E-state index in [9.17, 15) is 4.79 Å². The van der Waals surface area contributed by atoms with E-state index >= 15 is 0 Å². The SMILES string of the molecule is CCN(C(=O)c1sccc1C)C1CCNC1. The summed E-state index contributed by atoms with van der Waals surface area (Å²) in [7, 11) is 0. The highest BCUT2D eigenvalue weighted by atomic mass is 32.1. The van der Waals surface area contributed by atoms with Crippen molar-refractivity contribution in [2.24, 2.45) is 0 Å². The molecule has 2 rings (SSSR count). The Balaban J connectivity index is 2.15. The molecule has 88 valence electrons. The predicted molar refractivity (Wildman–Crippen MR) is 67.0 cm³/mol. The Kier molecular flexibility index (Phi) is 3.61. The minimum absolute atomic E-state index is 0.198. The van der Waals surface area contributed by atoms with Crippen molar-refractivity contribution in [1.82, 2.24) is 10.2 Å². The Labute approximate surface area is 100 Å². The number of hydrogen-bond acceptors (Lipinski definition) is 3. The van der Waals surface area contributed by atoms with Gasteiger partial charge in [0.2, 0.25) is 0 Å². The molecule has 1 saturated heterocycles. The second-order valence-electron chi connectivity index (χ2n) is 4.17. The van der Waals surface area contributed by atoms with E-state index in [4.69, 9.17) is 0 Å². The Morgan fingerprint density at radius 3 is 3.00 bits per heavy atom. The number of hydrogen-bond donors (Lipinski definition) is 1. The van der Waals surface area contributed by atoms with Gasteiger partial charge >= 0.3 is 0 Å². The van der Waals surface area contributed by atoms with Gasteiger partial charge in [-0.3, -0.25) is 4.79 Å². The van der Waals surface area contributed by atoms with E-state index in [0.29, 0.717) is 6.04 Å². The highest BCUT2D eigenvalue weighted by Gasteiger charge is 2.27. The number of nitrogens with zero attached hydrogens (tertiary/aromatic N) is 1. The van der Waals surface area contributed by atoms with Crippen LogP contribution in [0, 0.1) is 6.92 Å². The number of carbonyl (C=O) groups is 1. The number of nitrogens with one attached hydrogen (secondary N) is 1. The van der Waals surface area contributed by atoms with E-state index in [1.54, 1.807) is 11.3 Å². The number of thiophene rings is 1. The quantitative estimate of drug-likeness (QED) is 0.872. The van der Waals surface area contributed by atoms with Crippen LogP contribution in [-0.4, -0.2) is 36.5 Å². The van der Waals surface area contributed by atoms with E-state index < -0.39 is 0 Å². The zero-order valence-corrected chi connectivity index (χ0v) is 10.6. The highest BCUT2D eigenvalue weighted by molar-refractivity contribution is 7.12. The lowest BCUT2D eigenvalue weighted by molar-refractivity contribution is 0.0708. The standard InChI is InChI=1S/C12H18N2OS/c1-3-14(10-4-6-13-8-10)12(15)11-9(2)5-7-16-11/h5,7,10,13H,3-4,6,8H2,1-2H3. The summed E-state index contributed by atoms with van der Waals surface area (Å²) in [4.78, 5) is 15.2. The maximum absolute atomic E-state index is 12.4. The predicted octanol–water partition coefficient (Wildman–Crippen LogP) is 1.88. The third-order valence-electron chi connectivity index (χ3n) is 3.13. The molecule has 1 unspecified atom stereocenters. The van der Waals surface area contributed by atoms with Gasteiger partial charge in [0.05, 0.1) is 4.88 Å². The van der Waals surface area contributed by atoms with Gasteiger partial charge < -0.3 is 10.2 Å². The third kappa shape index (κ3) is 2.13. The van der Waals surface area contributed by atoms with Crippen LogP contribution in [0.5, 0.6) is 0 Å². The van der Waals surface area contributed by atoms with Gasteiger partial charge in [-0.1, -0.05) is 0 Å². The molecule has 1 aliphatic heterocycles. The summed E-state index contributed by atoms with van der Waals surface area (Å²) in [5, 5.41) is 5.30. The zero-order valence-electron chi connectivity index (χ0n) is 9.82. The molecule has 0 saturated carbocycles. The molecule has 4 heteroatoms. The Hall–Kier alpha value is -0.870. The second-order valence-corrected chi connectivity index (χ2v) is 5.09. The largest absolute Gasteiger partial charge is 0.334 e. The summed E-state index contributed by atoms with van der Waals surface area (Å²) in [5.74, 6) is 0.198. The van der Waals surface area contributed by atoms with Gasteiger partial charge in [0.1, 0.15) is 0 Å². The number of carbonyl (C=O) groups excluding carboxylic acids is 1. The van der Waals surface area contributed by atoms with Crippen LogP contribution in [0.4, 0.5) is 0 Å². The molecule has 0 spiro atoms. The fraction of sp³-hybridized carbons (Fsp3) is 0.583. The molecule has 3 nitrogen and oxygen atoms in total. The minimum Gasteiger partial charge on any atom is -0.334 e. The molecule has 1 aromatic rings. The maximum atomic E-state index is 12.4. The first kappa shape index (κ1) is 11.6. The van der Waals surface area contributed by atoms with Gasteiger partial charge in [0.25, 0.3) is 5.91 Å². The minimum atomic E-state index is 0.198. The summed E-state index contributed by atoms with van der Waals surface area (Å²) < 4.78 is 0. The number of likely N-dealkylation sites (N-methyl/N-ethyl adjacent to an activating group) is 1. The first-order valence-electron chi connectivity index (χ1n) is 5.79. The van der Waals surface area contributed by atoms with Gasteiger partial charge in [-0.2, -0.15) is 0 Å². The number of rotatable bonds is 3. The van der Waals surface area contributed by atoms with Crippen molar-refractivity contribution in [3.8, 4) is 0 Å². The molecule has 0 aromatic carbocycles. The first-order chi connectivity index (χ1) is 7.74. The molecule has 0 radical (unpaired) electrons. The van der Waals surface area contributed by atoms with Crippen LogP contribution in [0.2, 0.25) is 0 Å². The second kappa shape index (κ2) is 4.97. The summed E-state index contributed by atoms with van der Waals surface area (Å²) in [6.45, 7) is 6.81. The summed E-state index contributed by atoms with van der Waals surface area (Å²) >= 11 is 1.55. The van der Waals surface area contributed by atoms with Gasteiger partial charge in [0.15, 0.2) is 0 Å². The lowest BCUT2D eigenvalue weighted by atomic mass is 10.2. The molecular formula is C12H18N2OS. The zero-order chi connectivity index (χ0) is 11.5. The molecule has 0 bridgehead atoms. The van der Waals surface area contributed by atoms with Crippen molar-refractivity contribution >= 4 is 17.2 Å².